The number of fused-ring (bicyclic) bond motifs is 3. The number of hydrogen-bond acceptors (Lipinski definition) is 2. The maximum atomic E-state index is 5.80. The molecule has 0 spiro atoms. The van der Waals surface area contributed by atoms with Gasteiger partial charge in [-0.2, -0.15) is 0 Å². The lowest BCUT2D eigenvalue weighted by molar-refractivity contribution is 0.357. The van der Waals surface area contributed by atoms with Gasteiger partial charge in [-0.25, -0.2) is 0 Å². The molecule has 0 saturated carbocycles. The van der Waals surface area contributed by atoms with E-state index in [4.69, 9.17) is 5.73 Å². The topological polar surface area (TPSA) is 29.3 Å². The molecule has 1 aromatic carbocycles. The SMILES string of the molecule is Cc1ccc2c(c1)CC1CC(CN)CCN21. The predicted molar refractivity (Wildman–Crippen MR) is 67.8 cm³/mol. The number of piperidine rings is 1. The van der Waals surface area contributed by atoms with Crippen molar-refractivity contribution < 1.29 is 0 Å². The monoisotopic (exact) mass is 216 g/mol. The highest BCUT2D eigenvalue weighted by Gasteiger charge is 2.34. The van der Waals surface area contributed by atoms with Crippen LogP contribution >= 0.6 is 0 Å². The standard InChI is InChI=1S/C14H20N2/c1-10-2-3-14-12(6-10)8-13-7-11(9-15)4-5-16(13)14/h2-3,6,11,13H,4-5,7-9,15H2,1H3. The second-order valence-electron chi connectivity index (χ2n) is 5.31. The molecule has 0 aliphatic carbocycles. The summed E-state index contributed by atoms with van der Waals surface area (Å²) in [5.41, 5.74) is 10.2. The second-order valence-corrected chi connectivity index (χ2v) is 5.31. The van der Waals surface area contributed by atoms with Crippen LogP contribution in [-0.4, -0.2) is 19.1 Å². The van der Waals surface area contributed by atoms with Gasteiger partial charge in [-0.3, -0.25) is 0 Å². The highest BCUT2D eigenvalue weighted by molar-refractivity contribution is 5.60. The summed E-state index contributed by atoms with van der Waals surface area (Å²) in [6.07, 6.45) is 3.78. The summed E-state index contributed by atoms with van der Waals surface area (Å²) in [6, 6.07) is 7.61. The Kier molecular flexibility index (Phi) is 2.40. The van der Waals surface area contributed by atoms with E-state index in [9.17, 15) is 0 Å². The van der Waals surface area contributed by atoms with E-state index in [-0.39, 0.29) is 0 Å². The molecule has 2 heterocycles. The number of anilines is 1. The Morgan fingerprint density at radius 2 is 2.31 bits per heavy atom. The third-order valence-corrected chi connectivity index (χ3v) is 4.16. The quantitative estimate of drug-likeness (QED) is 0.779. The largest absolute Gasteiger partial charge is 0.368 e. The predicted octanol–water partition coefficient (Wildman–Crippen LogP) is 2.09. The summed E-state index contributed by atoms with van der Waals surface area (Å²) in [5.74, 6) is 0.747. The van der Waals surface area contributed by atoms with Crippen molar-refractivity contribution >= 4 is 5.69 Å². The Balaban J connectivity index is 1.87. The number of aryl methyl sites for hydroxylation is 1. The van der Waals surface area contributed by atoms with Crippen LogP contribution < -0.4 is 10.6 Å². The van der Waals surface area contributed by atoms with Crippen LogP contribution in [0.25, 0.3) is 0 Å². The fourth-order valence-corrected chi connectivity index (χ4v) is 3.27. The first-order valence-corrected chi connectivity index (χ1v) is 6.34. The van der Waals surface area contributed by atoms with Crippen molar-refractivity contribution in [1.82, 2.24) is 0 Å². The Hall–Kier alpha value is -1.02. The molecule has 2 N–H and O–H groups in total. The molecule has 0 radical (unpaired) electrons. The summed E-state index contributed by atoms with van der Waals surface area (Å²) < 4.78 is 0. The molecule has 2 aliphatic heterocycles. The zero-order valence-electron chi connectivity index (χ0n) is 9.95. The van der Waals surface area contributed by atoms with Gasteiger partial charge in [0.1, 0.15) is 0 Å². The average molecular weight is 216 g/mol. The maximum absolute atomic E-state index is 5.80. The van der Waals surface area contributed by atoms with Crippen LogP contribution in [0.4, 0.5) is 5.69 Å². The smallest absolute Gasteiger partial charge is 0.0402 e. The molecule has 3 rings (SSSR count). The highest BCUT2D eigenvalue weighted by atomic mass is 15.2. The number of nitrogens with zero attached hydrogens (tertiary/aromatic N) is 1. The van der Waals surface area contributed by atoms with Crippen molar-refractivity contribution in [1.29, 1.82) is 0 Å². The van der Waals surface area contributed by atoms with E-state index >= 15 is 0 Å². The van der Waals surface area contributed by atoms with Crippen LogP contribution in [0.2, 0.25) is 0 Å². The molecule has 2 aliphatic rings. The van der Waals surface area contributed by atoms with E-state index in [1.54, 1.807) is 5.56 Å². The lowest BCUT2D eigenvalue weighted by atomic mass is 9.91. The molecule has 2 nitrogen and oxygen atoms in total. The molecule has 16 heavy (non-hydrogen) atoms. The Morgan fingerprint density at radius 3 is 3.12 bits per heavy atom. The molecular weight excluding hydrogens is 196 g/mol. The van der Waals surface area contributed by atoms with Crippen molar-refractivity contribution in [3.63, 3.8) is 0 Å². The zero-order valence-corrected chi connectivity index (χ0v) is 9.95. The van der Waals surface area contributed by atoms with Gasteiger partial charge in [0.25, 0.3) is 0 Å². The third-order valence-electron chi connectivity index (χ3n) is 4.16. The van der Waals surface area contributed by atoms with Crippen molar-refractivity contribution in [3.05, 3.63) is 29.3 Å². The molecule has 2 heteroatoms. The lowest BCUT2D eigenvalue weighted by Gasteiger charge is -2.36. The van der Waals surface area contributed by atoms with Gasteiger partial charge < -0.3 is 10.6 Å². The van der Waals surface area contributed by atoms with Crippen LogP contribution in [0.3, 0.4) is 0 Å². The minimum absolute atomic E-state index is 0.721. The minimum Gasteiger partial charge on any atom is -0.368 e. The number of rotatable bonds is 1. The summed E-state index contributed by atoms with van der Waals surface area (Å²) in [5, 5.41) is 0. The van der Waals surface area contributed by atoms with Gasteiger partial charge in [-0.1, -0.05) is 17.7 Å². The maximum Gasteiger partial charge on any atom is 0.0402 e. The molecule has 86 valence electrons. The van der Waals surface area contributed by atoms with Gasteiger partial charge in [-0.05, 0) is 50.3 Å². The van der Waals surface area contributed by atoms with Gasteiger partial charge in [0, 0.05) is 18.3 Å². The second kappa shape index (κ2) is 3.77. The van der Waals surface area contributed by atoms with Crippen molar-refractivity contribution in [2.45, 2.75) is 32.2 Å². The van der Waals surface area contributed by atoms with E-state index in [1.807, 2.05) is 0 Å². The number of nitrogens with two attached hydrogens (primary N) is 1. The molecule has 0 amide bonds. The lowest BCUT2D eigenvalue weighted by Crippen LogP contribution is -2.41. The average Bonchev–Trinajstić information content (AvgIpc) is 2.64. The summed E-state index contributed by atoms with van der Waals surface area (Å²) in [7, 11) is 0. The van der Waals surface area contributed by atoms with Gasteiger partial charge in [0.2, 0.25) is 0 Å². The first-order valence-electron chi connectivity index (χ1n) is 6.34. The van der Waals surface area contributed by atoms with Crippen molar-refractivity contribution in [2.75, 3.05) is 18.0 Å². The fourth-order valence-electron chi connectivity index (χ4n) is 3.27. The summed E-state index contributed by atoms with van der Waals surface area (Å²) in [6.45, 7) is 4.24. The molecule has 2 atom stereocenters. The molecule has 0 bridgehead atoms. The molecule has 1 aromatic rings. The first-order chi connectivity index (χ1) is 7.78. The Labute approximate surface area is 97.4 Å². The fraction of sp³-hybridized carbons (Fsp3) is 0.571. The van der Waals surface area contributed by atoms with Crippen LogP contribution in [0.15, 0.2) is 18.2 Å². The molecular formula is C14H20N2. The van der Waals surface area contributed by atoms with Crippen LogP contribution in [0, 0.1) is 12.8 Å². The van der Waals surface area contributed by atoms with Gasteiger partial charge in [-0.15, -0.1) is 0 Å². The van der Waals surface area contributed by atoms with E-state index in [2.05, 4.69) is 30.0 Å². The van der Waals surface area contributed by atoms with Crippen molar-refractivity contribution in [2.24, 2.45) is 11.7 Å². The minimum atomic E-state index is 0.721. The third kappa shape index (κ3) is 1.52. The van der Waals surface area contributed by atoms with E-state index < -0.39 is 0 Å². The van der Waals surface area contributed by atoms with E-state index in [0.717, 1.165) is 18.5 Å². The summed E-state index contributed by atoms with van der Waals surface area (Å²) >= 11 is 0. The van der Waals surface area contributed by atoms with Crippen LogP contribution in [-0.2, 0) is 6.42 Å². The Morgan fingerprint density at radius 1 is 1.44 bits per heavy atom. The highest BCUT2D eigenvalue weighted by Crippen LogP contribution is 2.38. The van der Waals surface area contributed by atoms with Gasteiger partial charge in [0.15, 0.2) is 0 Å². The van der Waals surface area contributed by atoms with Gasteiger partial charge in [0.05, 0.1) is 0 Å². The molecule has 1 saturated heterocycles. The van der Waals surface area contributed by atoms with Gasteiger partial charge >= 0.3 is 0 Å². The molecule has 2 unspecified atom stereocenters. The zero-order chi connectivity index (χ0) is 11.1. The van der Waals surface area contributed by atoms with Crippen LogP contribution in [0.1, 0.15) is 24.0 Å². The molecule has 0 aromatic heterocycles. The first kappa shape index (κ1) is 10.2. The Bertz CT molecular complexity index is 400. The number of hydrogen-bond donors (Lipinski definition) is 1. The van der Waals surface area contributed by atoms with E-state index in [1.165, 1.54) is 37.1 Å². The summed E-state index contributed by atoms with van der Waals surface area (Å²) in [4.78, 5) is 2.60. The van der Waals surface area contributed by atoms with Crippen molar-refractivity contribution in [3.8, 4) is 0 Å². The van der Waals surface area contributed by atoms with E-state index in [0.29, 0.717) is 0 Å². The van der Waals surface area contributed by atoms with Crippen LogP contribution in [0.5, 0.6) is 0 Å². The number of benzene rings is 1. The molecule has 1 fully saturated rings. The normalized spacial score (nSPS) is 27.8.